The van der Waals surface area contributed by atoms with Crippen LogP contribution >= 0.6 is 0 Å². The molecular weight excluding hydrogens is 228 g/mol. The summed E-state index contributed by atoms with van der Waals surface area (Å²) in [5, 5.41) is 9.71. The fourth-order valence-electron chi connectivity index (χ4n) is 1.51. The Balaban J connectivity index is 2.44. The molecule has 0 saturated carbocycles. The van der Waals surface area contributed by atoms with Crippen LogP contribution in [-0.2, 0) is 11.2 Å². The largest absolute Gasteiger partial charge is 0.491 e. The Morgan fingerprint density at radius 1 is 1.28 bits per heavy atom. The van der Waals surface area contributed by atoms with Crippen molar-refractivity contribution in [1.29, 1.82) is 0 Å². The minimum atomic E-state index is -0.607. The highest BCUT2D eigenvalue weighted by atomic mass is 16.5. The summed E-state index contributed by atoms with van der Waals surface area (Å²) >= 11 is 0. The molecule has 1 rings (SSSR count). The van der Waals surface area contributed by atoms with Crippen molar-refractivity contribution in [2.75, 3.05) is 13.2 Å². The number of rotatable bonds is 8. The highest BCUT2D eigenvalue weighted by Gasteiger charge is 2.08. The zero-order valence-electron chi connectivity index (χ0n) is 11.1. The van der Waals surface area contributed by atoms with Crippen molar-refractivity contribution in [3.63, 3.8) is 0 Å². The summed E-state index contributed by atoms with van der Waals surface area (Å²) in [5.74, 6) is 0.793. The van der Waals surface area contributed by atoms with Gasteiger partial charge in [0.15, 0.2) is 0 Å². The van der Waals surface area contributed by atoms with E-state index in [2.05, 4.69) is 6.58 Å². The van der Waals surface area contributed by atoms with Gasteiger partial charge in [-0.2, -0.15) is 0 Å². The lowest BCUT2D eigenvalue weighted by molar-refractivity contribution is -0.0123. The number of hydrogen-bond donors (Lipinski definition) is 1. The number of allylic oxidation sites excluding steroid dienone is 1. The van der Waals surface area contributed by atoms with Gasteiger partial charge < -0.3 is 14.6 Å². The van der Waals surface area contributed by atoms with Gasteiger partial charge in [0.2, 0.25) is 0 Å². The monoisotopic (exact) mass is 250 g/mol. The van der Waals surface area contributed by atoms with Gasteiger partial charge in [-0.3, -0.25) is 0 Å². The van der Waals surface area contributed by atoms with Crippen molar-refractivity contribution in [2.24, 2.45) is 0 Å². The second-order valence-corrected chi connectivity index (χ2v) is 4.45. The lowest BCUT2D eigenvalue weighted by Crippen LogP contribution is -2.25. The Kier molecular flexibility index (Phi) is 6.47. The lowest BCUT2D eigenvalue weighted by atomic mass is 10.1. The second kappa shape index (κ2) is 7.90. The van der Waals surface area contributed by atoms with E-state index in [1.54, 1.807) is 0 Å². The van der Waals surface area contributed by atoms with Crippen LogP contribution in [0.1, 0.15) is 19.4 Å². The minimum Gasteiger partial charge on any atom is -0.491 e. The molecule has 0 radical (unpaired) electrons. The fourth-order valence-corrected chi connectivity index (χ4v) is 1.51. The molecule has 1 aromatic carbocycles. The maximum atomic E-state index is 9.71. The molecule has 3 nitrogen and oxygen atoms in total. The quantitative estimate of drug-likeness (QED) is 0.721. The Morgan fingerprint density at radius 2 is 2.00 bits per heavy atom. The van der Waals surface area contributed by atoms with Crippen LogP contribution in [0.4, 0.5) is 0 Å². The normalized spacial score (nSPS) is 12.4. The highest BCUT2D eigenvalue weighted by Crippen LogP contribution is 2.18. The molecule has 100 valence electrons. The van der Waals surface area contributed by atoms with E-state index >= 15 is 0 Å². The number of benzene rings is 1. The standard InChI is InChI=1S/C15H22O3/c1-4-7-13-8-5-6-9-15(13)18-11-14(16)10-17-12(2)3/h4-6,8-9,12,14,16H,1,7,10-11H2,2-3H3. The summed E-state index contributed by atoms with van der Waals surface area (Å²) in [5.41, 5.74) is 1.07. The molecule has 1 atom stereocenters. The van der Waals surface area contributed by atoms with Gasteiger partial charge >= 0.3 is 0 Å². The predicted molar refractivity (Wildman–Crippen MR) is 72.9 cm³/mol. The molecule has 0 bridgehead atoms. The summed E-state index contributed by atoms with van der Waals surface area (Å²) in [6.45, 7) is 8.12. The molecule has 1 aromatic rings. The third-order valence-corrected chi connectivity index (χ3v) is 2.39. The van der Waals surface area contributed by atoms with Gasteiger partial charge in [-0.25, -0.2) is 0 Å². The first-order chi connectivity index (χ1) is 8.63. The van der Waals surface area contributed by atoms with E-state index < -0.39 is 6.10 Å². The molecule has 18 heavy (non-hydrogen) atoms. The number of ether oxygens (including phenoxy) is 2. The molecule has 0 fully saturated rings. The Morgan fingerprint density at radius 3 is 2.67 bits per heavy atom. The van der Waals surface area contributed by atoms with Crippen molar-refractivity contribution < 1.29 is 14.6 Å². The maximum absolute atomic E-state index is 9.71. The predicted octanol–water partition coefficient (Wildman–Crippen LogP) is 2.58. The van der Waals surface area contributed by atoms with Gasteiger partial charge in [0, 0.05) is 0 Å². The van der Waals surface area contributed by atoms with Crippen LogP contribution in [0.5, 0.6) is 5.75 Å². The van der Waals surface area contributed by atoms with Crippen molar-refractivity contribution in [3.8, 4) is 5.75 Å². The second-order valence-electron chi connectivity index (χ2n) is 4.45. The van der Waals surface area contributed by atoms with Crippen LogP contribution in [-0.4, -0.2) is 30.5 Å². The number of aliphatic hydroxyl groups is 1. The summed E-state index contributed by atoms with van der Waals surface area (Å²) in [7, 11) is 0. The molecule has 0 saturated heterocycles. The molecule has 0 spiro atoms. The van der Waals surface area contributed by atoms with Gasteiger partial charge in [0.25, 0.3) is 0 Å². The Labute approximate surface area is 109 Å². The van der Waals surface area contributed by atoms with Gasteiger partial charge in [-0.15, -0.1) is 6.58 Å². The smallest absolute Gasteiger partial charge is 0.122 e. The van der Waals surface area contributed by atoms with Crippen LogP contribution in [0.15, 0.2) is 36.9 Å². The number of para-hydroxylation sites is 1. The summed E-state index contributed by atoms with van der Waals surface area (Å²) in [4.78, 5) is 0. The number of hydrogen-bond acceptors (Lipinski definition) is 3. The first-order valence-corrected chi connectivity index (χ1v) is 6.24. The van der Waals surface area contributed by atoms with Gasteiger partial charge in [0.05, 0.1) is 12.7 Å². The molecule has 1 unspecified atom stereocenters. The molecule has 0 heterocycles. The van der Waals surface area contributed by atoms with E-state index in [-0.39, 0.29) is 12.7 Å². The molecule has 0 aromatic heterocycles. The van der Waals surface area contributed by atoms with Crippen LogP contribution in [0.2, 0.25) is 0 Å². The van der Waals surface area contributed by atoms with E-state index in [4.69, 9.17) is 9.47 Å². The van der Waals surface area contributed by atoms with Gasteiger partial charge in [-0.1, -0.05) is 24.3 Å². The Bertz CT molecular complexity index is 361. The van der Waals surface area contributed by atoms with Crippen LogP contribution in [0.25, 0.3) is 0 Å². The van der Waals surface area contributed by atoms with Crippen LogP contribution in [0.3, 0.4) is 0 Å². The molecular formula is C15H22O3. The van der Waals surface area contributed by atoms with Crippen molar-refractivity contribution in [3.05, 3.63) is 42.5 Å². The van der Waals surface area contributed by atoms with E-state index in [0.717, 1.165) is 17.7 Å². The van der Waals surface area contributed by atoms with Gasteiger partial charge in [-0.05, 0) is 31.9 Å². The van der Waals surface area contributed by atoms with E-state index in [0.29, 0.717) is 6.61 Å². The SMILES string of the molecule is C=CCc1ccccc1OCC(O)COC(C)C. The summed E-state index contributed by atoms with van der Waals surface area (Å²) < 4.78 is 10.9. The highest BCUT2D eigenvalue weighted by molar-refractivity contribution is 5.34. The minimum absolute atomic E-state index is 0.118. The molecule has 0 aliphatic carbocycles. The number of aliphatic hydroxyl groups excluding tert-OH is 1. The lowest BCUT2D eigenvalue weighted by Gasteiger charge is -2.16. The van der Waals surface area contributed by atoms with E-state index in [1.165, 1.54) is 0 Å². The topological polar surface area (TPSA) is 38.7 Å². The Hall–Kier alpha value is -1.32. The molecule has 0 aliphatic rings. The molecule has 3 heteroatoms. The van der Waals surface area contributed by atoms with Crippen molar-refractivity contribution in [2.45, 2.75) is 32.5 Å². The summed E-state index contributed by atoms with van der Waals surface area (Å²) in [6.07, 6.45) is 2.10. The van der Waals surface area contributed by atoms with Crippen molar-refractivity contribution in [1.82, 2.24) is 0 Å². The third-order valence-electron chi connectivity index (χ3n) is 2.39. The van der Waals surface area contributed by atoms with Crippen molar-refractivity contribution >= 4 is 0 Å². The third kappa shape index (κ3) is 5.34. The van der Waals surface area contributed by atoms with E-state index in [9.17, 15) is 5.11 Å². The van der Waals surface area contributed by atoms with Crippen LogP contribution < -0.4 is 4.74 Å². The maximum Gasteiger partial charge on any atom is 0.122 e. The zero-order chi connectivity index (χ0) is 13.4. The van der Waals surface area contributed by atoms with Gasteiger partial charge in [0.1, 0.15) is 18.5 Å². The van der Waals surface area contributed by atoms with Crippen LogP contribution in [0, 0.1) is 0 Å². The summed E-state index contributed by atoms with van der Waals surface area (Å²) in [6, 6.07) is 7.77. The molecule has 0 aliphatic heterocycles. The average molecular weight is 250 g/mol. The molecule has 1 N–H and O–H groups in total. The first-order valence-electron chi connectivity index (χ1n) is 6.24. The zero-order valence-corrected chi connectivity index (χ0v) is 11.1. The molecule has 0 amide bonds. The fraction of sp³-hybridized carbons (Fsp3) is 0.467. The van der Waals surface area contributed by atoms with E-state index in [1.807, 2.05) is 44.2 Å². The average Bonchev–Trinajstić information content (AvgIpc) is 2.35. The first kappa shape index (κ1) is 14.7.